The number of carboxylic acids is 1. The minimum atomic E-state index is -5.15. The van der Waals surface area contributed by atoms with Crippen molar-refractivity contribution in [1.82, 2.24) is 0 Å². The SMILES string of the molecule is CC(C)c1ccc(-c2c3cc/c(=N\O)c(S(=O)(=O)O)c-3oc3c(S(=O)(=O)O)c(N)ccc23)c(C(=O)O)c1. The average molecular weight is 549 g/mol. The van der Waals surface area contributed by atoms with E-state index in [1.54, 1.807) is 6.07 Å². The Kier molecular flexibility index (Phi) is 6.24. The highest BCUT2D eigenvalue weighted by Gasteiger charge is 2.32. The molecule has 0 fully saturated rings. The van der Waals surface area contributed by atoms with Gasteiger partial charge >= 0.3 is 16.1 Å². The number of hydrogen-bond donors (Lipinski definition) is 5. The Morgan fingerprint density at radius 2 is 1.57 bits per heavy atom. The van der Waals surface area contributed by atoms with Gasteiger partial charge in [-0.15, -0.1) is 0 Å². The maximum atomic E-state index is 12.3. The molecule has 0 saturated heterocycles. The molecule has 194 valence electrons. The predicted octanol–water partition coefficient (Wildman–Crippen LogP) is 3.39. The van der Waals surface area contributed by atoms with Crippen LogP contribution in [0.5, 0.6) is 0 Å². The maximum absolute atomic E-state index is 12.3. The molecular weight excluding hydrogens is 528 g/mol. The Balaban J connectivity index is 2.38. The van der Waals surface area contributed by atoms with E-state index >= 15 is 0 Å². The third-order valence-electron chi connectivity index (χ3n) is 5.81. The molecule has 0 spiro atoms. The third kappa shape index (κ3) is 4.40. The molecule has 1 aliphatic carbocycles. The normalized spacial score (nSPS) is 13.1. The second kappa shape index (κ2) is 8.85. The van der Waals surface area contributed by atoms with E-state index < -0.39 is 58.4 Å². The first-order chi connectivity index (χ1) is 17.2. The molecule has 0 saturated carbocycles. The summed E-state index contributed by atoms with van der Waals surface area (Å²) in [6.07, 6.45) is 0. The Morgan fingerprint density at radius 3 is 2.11 bits per heavy atom. The number of nitrogens with two attached hydrogens (primary N) is 1. The van der Waals surface area contributed by atoms with Crippen LogP contribution in [0.3, 0.4) is 0 Å². The third-order valence-corrected chi connectivity index (χ3v) is 7.66. The first-order valence-electron chi connectivity index (χ1n) is 10.5. The van der Waals surface area contributed by atoms with Crippen molar-refractivity contribution in [3.63, 3.8) is 0 Å². The van der Waals surface area contributed by atoms with Crippen LogP contribution in [0, 0.1) is 0 Å². The maximum Gasteiger partial charge on any atom is 0.336 e. The standard InChI is InChI=1S/C23H20N2O10S2/c1-10(2)11-3-4-12(15(9-11)23(26)27)18-13-5-7-16(24)21(36(29,30)31)19(13)35-20-14(18)6-8-17(25-28)22(20)37(32,33)34/h3-10,28H,24H2,1-2H3,(H,26,27)(H,29,30,31)(H,32,33,34)/b25-17+. The van der Waals surface area contributed by atoms with Crippen molar-refractivity contribution in [3.8, 4) is 22.5 Å². The summed E-state index contributed by atoms with van der Waals surface area (Å²) in [7, 11) is -10.2. The fourth-order valence-corrected chi connectivity index (χ4v) is 5.68. The molecule has 12 nitrogen and oxygen atoms in total. The van der Waals surface area contributed by atoms with Crippen LogP contribution in [0.1, 0.15) is 35.7 Å². The molecule has 6 N–H and O–H groups in total. The van der Waals surface area contributed by atoms with Crippen LogP contribution in [-0.2, 0) is 20.2 Å². The highest BCUT2D eigenvalue weighted by molar-refractivity contribution is 7.86. The Bertz CT molecular complexity index is 1860. The Hall–Kier alpha value is -3.98. The van der Waals surface area contributed by atoms with Crippen molar-refractivity contribution in [2.24, 2.45) is 5.16 Å². The van der Waals surface area contributed by atoms with Gasteiger partial charge in [0.05, 0.1) is 11.3 Å². The van der Waals surface area contributed by atoms with Gasteiger partial charge in [0.25, 0.3) is 10.1 Å². The monoisotopic (exact) mass is 548 g/mol. The number of carboxylic acid groups (broad SMARTS) is 1. The first kappa shape index (κ1) is 26.1. The number of aromatic carboxylic acids is 1. The van der Waals surface area contributed by atoms with Crippen LogP contribution < -0.4 is 11.1 Å². The van der Waals surface area contributed by atoms with Crippen LogP contribution in [-0.4, -0.2) is 42.2 Å². The van der Waals surface area contributed by atoms with Crippen LogP contribution >= 0.6 is 0 Å². The topological polar surface area (TPSA) is 218 Å². The number of hydrogen-bond acceptors (Lipinski definition) is 9. The quantitative estimate of drug-likeness (QED) is 0.0800. The Morgan fingerprint density at radius 1 is 0.946 bits per heavy atom. The van der Waals surface area contributed by atoms with Gasteiger partial charge in [0.2, 0.25) is 0 Å². The lowest BCUT2D eigenvalue weighted by Gasteiger charge is -2.20. The molecule has 0 aromatic heterocycles. The van der Waals surface area contributed by atoms with Crippen molar-refractivity contribution in [3.05, 3.63) is 58.9 Å². The first-order valence-corrected chi connectivity index (χ1v) is 13.4. The molecule has 2 aromatic carbocycles. The molecule has 1 aliphatic heterocycles. The van der Waals surface area contributed by atoms with Crippen LogP contribution in [0.4, 0.5) is 5.69 Å². The molecule has 0 unspecified atom stereocenters. The van der Waals surface area contributed by atoms with E-state index in [1.165, 1.54) is 24.3 Å². The van der Waals surface area contributed by atoms with E-state index in [9.17, 15) is 41.0 Å². The number of nitrogens with zero attached hydrogens (tertiary/aromatic N) is 1. The minimum Gasteiger partial charge on any atom is -0.478 e. The second-order valence-corrected chi connectivity index (χ2v) is 11.2. The summed E-state index contributed by atoms with van der Waals surface area (Å²) < 4.78 is 74.5. The fourth-order valence-electron chi connectivity index (χ4n) is 4.17. The molecule has 0 amide bonds. The summed E-state index contributed by atoms with van der Waals surface area (Å²) in [5.41, 5.74) is 5.19. The highest BCUT2D eigenvalue weighted by Crippen LogP contribution is 2.45. The van der Waals surface area contributed by atoms with E-state index in [2.05, 4.69) is 5.16 Å². The van der Waals surface area contributed by atoms with Gasteiger partial charge in [0.15, 0.2) is 21.1 Å². The number of anilines is 1. The van der Waals surface area contributed by atoms with Gasteiger partial charge in [0, 0.05) is 16.5 Å². The second-order valence-electron chi connectivity index (χ2n) is 8.44. The molecule has 0 bridgehead atoms. The summed E-state index contributed by atoms with van der Waals surface area (Å²) in [6, 6.07) is 9.30. The van der Waals surface area contributed by atoms with Crippen molar-refractivity contribution >= 4 is 42.9 Å². The van der Waals surface area contributed by atoms with E-state index in [0.29, 0.717) is 5.56 Å². The van der Waals surface area contributed by atoms with Crippen LogP contribution in [0.25, 0.3) is 33.4 Å². The van der Waals surface area contributed by atoms with E-state index in [4.69, 9.17) is 10.2 Å². The van der Waals surface area contributed by atoms with Gasteiger partial charge in [-0.3, -0.25) is 9.11 Å². The summed E-state index contributed by atoms with van der Waals surface area (Å²) in [4.78, 5) is 10.4. The molecule has 2 aromatic rings. The van der Waals surface area contributed by atoms with Crippen molar-refractivity contribution in [1.29, 1.82) is 0 Å². The molecule has 0 atom stereocenters. The van der Waals surface area contributed by atoms with Crippen molar-refractivity contribution in [2.75, 3.05) is 5.73 Å². The Labute approximate surface area is 210 Å². The molecule has 14 heteroatoms. The van der Waals surface area contributed by atoms with Gasteiger partial charge < -0.3 is 20.5 Å². The number of nitrogen functional groups attached to an aromatic ring is 1. The molecule has 0 radical (unpaired) electrons. The van der Waals surface area contributed by atoms with E-state index in [1.807, 2.05) is 13.8 Å². The van der Waals surface area contributed by atoms with Gasteiger partial charge in [-0.1, -0.05) is 31.1 Å². The van der Waals surface area contributed by atoms with Crippen molar-refractivity contribution < 1.29 is 45.5 Å². The van der Waals surface area contributed by atoms with Crippen LogP contribution in [0.2, 0.25) is 0 Å². The summed E-state index contributed by atoms with van der Waals surface area (Å²) in [5.74, 6) is -2.04. The summed E-state index contributed by atoms with van der Waals surface area (Å²) >= 11 is 0. The molecule has 2 aliphatic rings. The highest BCUT2D eigenvalue weighted by atomic mass is 32.2. The molecule has 37 heavy (non-hydrogen) atoms. The summed E-state index contributed by atoms with van der Waals surface area (Å²) in [6.45, 7) is 3.71. The van der Waals surface area contributed by atoms with Gasteiger partial charge in [0.1, 0.15) is 5.36 Å². The smallest absolute Gasteiger partial charge is 0.336 e. The zero-order valence-electron chi connectivity index (χ0n) is 19.2. The zero-order valence-corrected chi connectivity index (χ0v) is 20.8. The zero-order chi connectivity index (χ0) is 27.4. The number of benzene rings is 3. The molecular formula is C23H20N2O10S2. The lowest BCUT2D eigenvalue weighted by atomic mass is 9.88. The van der Waals surface area contributed by atoms with E-state index in [-0.39, 0.29) is 33.6 Å². The number of carbonyl (C=O) groups is 1. The lowest BCUT2D eigenvalue weighted by molar-refractivity contribution is 0.0697. The van der Waals surface area contributed by atoms with Gasteiger partial charge in [-0.05, 0) is 47.4 Å². The lowest BCUT2D eigenvalue weighted by Crippen LogP contribution is -2.18. The largest absolute Gasteiger partial charge is 0.478 e. The predicted molar refractivity (Wildman–Crippen MR) is 131 cm³/mol. The average Bonchev–Trinajstić information content (AvgIpc) is 2.79. The molecule has 1 heterocycles. The minimum absolute atomic E-state index is 0.00301. The molecule has 4 rings (SSSR count). The fraction of sp³-hybridized carbons (Fsp3) is 0.130. The van der Waals surface area contributed by atoms with Gasteiger partial charge in [-0.25, -0.2) is 4.79 Å². The van der Waals surface area contributed by atoms with Gasteiger partial charge in [-0.2, -0.15) is 16.8 Å². The van der Waals surface area contributed by atoms with Crippen LogP contribution in [0.15, 0.2) is 61.8 Å². The summed E-state index contributed by atoms with van der Waals surface area (Å²) in [5, 5.41) is 21.5. The van der Waals surface area contributed by atoms with Crippen molar-refractivity contribution in [2.45, 2.75) is 29.6 Å². The number of fused-ring (bicyclic) bond motifs is 2. The van der Waals surface area contributed by atoms with E-state index in [0.717, 1.165) is 12.1 Å². The number of rotatable bonds is 5.